The molecule has 0 fully saturated rings. The molecule has 0 aliphatic heterocycles. The number of hydrazone groups is 1. The monoisotopic (exact) mass is 328 g/mol. The van der Waals surface area contributed by atoms with Gasteiger partial charge in [0, 0.05) is 17.2 Å². The maximum Gasteiger partial charge on any atom is 0.271 e. The zero-order chi connectivity index (χ0) is 17.5. The number of amides is 1. The van der Waals surface area contributed by atoms with Crippen molar-refractivity contribution in [3.8, 4) is 17.2 Å². The molecular weight excluding hydrogens is 308 g/mol. The molecule has 6 heteroatoms. The zero-order valence-corrected chi connectivity index (χ0v) is 13.6. The lowest BCUT2D eigenvalue weighted by Crippen LogP contribution is -2.17. The predicted octanol–water partition coefficient (Wildman–Crippen LogP) is 2.90. The Hall–Kier alpha value is -3.02. The van der Waals surface area contributed by atoms with Crippen LogP contribution in [0, 0.1) is 5.92 Å². The number of hydrogen-bond acceptors (Lipinski definition) is 5. The van der Waals surface area contributed by atoms with Crippen molar-refractivity contribution in [1.29, 1.82) is 0 Å². The molecule has 1 amide bonds. The lowest BCUT2D eigenvalue weighted by molar-refractivity contribution is 0.0955. The molecule has 0 aromatic heterocycles. The summed E-state index contributed by atoms with van der Waals surface area (Å²) in [5, 5.41) is 22.6. The summed E-state index contributed by atoms with van der Waals surface area (Å²) < 4.78 is 5.55. The van der Waals surface area contributed by atoms with Crippen LogP contribution >= 0.6 is 0 Å². The summed E-state index contributed by atoms with van der Waals surface area (Å²) in [4.78, 5) is 12.0. The first kappa shape index (κ1) is 17.3. The molecule has 3 N–H and O–H groups in total. The van der Waals surface area contributed by atoms with E-state index in [4.69, 9.17) is 4.74 Å². The van der Waals surface area contributed by atoms with Crippen molar-refractivity contribution in [2.75, 3.05) is 6.61 Å². The van der Waals surface area contributed by atoms with Gasteiger partial charge in [-0.15, -0.1) is 0 Å². The van der Waals surface area contributed by atoms with Gasteiger partial charge in [0.25, 0.3) is 5.91 Å². The average molecular weight is 328 g/mol. The minimum absolute atomic E-state index is 0.0477. The minimum atomic E-state index is -0.375. The molecule has 0 atom stereocenters. The van der Waals surface area contributed by atoms with Gasteiger partial charge in [-0.2, -0.15) is 5.10 Å². The second-order valence-electron chi connectivity index (χ2n) is 5.67. The molecule has 0 aliphatic carbocycles. The Morgan fingerprint density at radius 3 is 2.54 bits per heavy atom. The van der Waals surface area contributed by atoms with Gasteiger partial charge in [-0.3, -0.25) is 4.79 Å². The fourth-order valence-corrected chi connectivity index (χ4v) is 1.83. The second-order valence-corrected chi connectivity index (χ2v) is 5.67. The zero-order valence-electron chi connectivity index (χ0n) is 13.6. The van der Waals surface area contributed by atoms with E-state index in [1.54, 1.807) is 24.3 Å². The van der Waals surface area contributed by atoms with Crippen molar-refractivity contribution in [3.05, 3.63) is 53.6 Å². The number of hydrogen-bond donors (Lipinski definition) is 3. The van der Waals surface area contributed by atoms with Crippen LogP contribution in [0.15, 0.2) is 47.6 Å². The highest BCUT2D eigenvalue weighted by Gasteiger charge is 2.05. The third-order valence-electron chi connectivity index (χ3n) is 3.08. The first-order chi connectivity index (χ1) is 11.5. The van der Waals surface area contributed by atoms with E-state index in [1.807, 2.05) is 0 Å². The molecular formula is C18H20N2O4. The molecule has 126 valence electrons. The molecule has 0 heterocycles. The van der Waals surface area contributed by atoms with Gasteiger partial charge in [-0.25, -0.2) is 5.43 Å². The Balaban J connectivity index is 1.93. The van der Waals surface area contributed by atoms with Crippen LogP contribution in [0.5, 0.6) is 17.2 Å². The molecule has 0 unspecified atom stereocenters. The quantitative estimate of drug-likeness (QED) is 0.562. The predicted molar refractivity (Wildman–Crippen MR) is 91.6 cm³/mol. The maximum atomic E-state index is 12.0. The van der Waals surface area contributed by atoms with E-state index in [0.717, 1.165) is 0 Å². The maximum absolute atomic E-state index is 12.0. The van der Waals surface area contributed by atoms with Crippen LogP contribution in [0.3, 0.4) is 0 Å². The second kappa shape index (κ2) is 8.01. The van der Waals surface area contributed by atoms with Crippen LogP contribution in [0.1, 0.15) is 29.8 Å². The highest BCUT2D eigenvalue weighted by atomic mass is 16.5. The Labute approximate surface area is 140 Å². The number of aromatic hydroxyl groups is 2. The number of phenols is 2. The van der Waals surface area contributed by atoms with Gasteiger partial charge in [-0.05, 0) is 42.3 Å². The van der Waals surface area contributed by atoms with Crippen LogP contribution in [-0.2, 0) is 0 Å². The standard InChI is InChI=1S/C18H20N2O4/c1-12(2)11-24-16-7-4-13(5-8-16)18(23)20-19-10-14-3-6-15(21)9-17(14)22/h3-10,12,21-22H,11H2,1-2H3,(H,20,23). The van der Waals surface area contributed by atoms with E-state index in [9.17, 15) is 15.0 Å². The molecule has 0 bridgehead atoms. The molecule has 2 rings (SSSR count). The summed E-state index contributed by atoms with van der Waals surface area (Å²) in [6.45, 7) is 4.74. The van der Waals surface area contributed by atoms with Crippen molar-refractivity contribution >= 4 is 12.1 Å². The van der Waals surface area contributed by atoms with Gasteiger partial charge in [-0.1, -0.05) is 13.8 Å². The number of carbonyl (C=O) groups is 1. The summed E-state index contributed by atoms with van der Waals surface area (Å²) in [6.07, 6.45) is 1.30. The van der Waals surface area contributed by atoms with Gasteiger partial charge in [0.05, 0.1) is 12.8 Å². The fourth-order valence-electron chi connectivity index (χ4n) is 1.83. The van der Waals surface area contributed by atoms with E-state index in [1.165, 1.54) is 24.4 Å². The normalized spacial score (nSPS) is 11.0. The molecule has 0 aliphatic rings. The van der Waals surface area contributed by atoms with Crippen molar-refractivity contribution < 1.29 is 19.7 Å². The molecule has 0 radical (unpaired) electrons. The smallest absolute Gasteiger partial charge is 0.271 e. The summed E-state index contributed by atoms with van der Waals surface area (Å²) >= 11 is 0. The number of nitrogens with one attached hydrogen (secondary N) is 1. The Kier molecular flexibility index (Phi) is 5.78. The van der Waals surface area contributed by atoms with Gasteiger partial charge >= 0.3 is 0 Å². The highest BCUT2D eigenvalue weighted by Crippen LogP contribution is 2.20. The molecule has 6 nitrogen and oxygen atoms in total. The first-order valence-corrected chi connectivity index (χ1v) is 7.54. The first-order valence-electron chi connectivity index (χ1n) is 7.54. The summed E-state index contributed by atoms with van der Waals surface area (Å²) in [5.74, 6) is 0.587. The Morgan fingerprint density at radius 2 is 1.92 bits per heavy atom. The van der Waals surface area contributed by atoms with Gasteiger partial charge in [0.1, 0.15) is 17.2 Å². The molecule has 0 saturated heterocycles. The van der Waals surface area contributed by atoms with E-state index in [0.29, 0.717) is 29.4 Å². The lowest BCUT2D eigenvalue weighted by atomic mass is 10.2. The molecule has 0 saturated carbocycles. The van der Waals surface area contributed by atoms with E-state index >= 15 is 0 Å². The van der Waals surface area contributed by atoms with Crippen molar-refractivity contribution in [1.82, 2.24) is 5.43 Å². The van der Waals surface area contributed by atoms with E-state index in [2.05, 4.69) is 24.4 Å². The minimum Gasteiger partial charge on any atom is -0.508 e. The van der Waals surface area contributed by atoms with Crippen molar-refractivity contribution in [2.24, 2.45) is 11.0 Å². The number of ether oxygens (including phenoxy) is 1. The summed E-state index contributed by atoms with van der Waals surface area (Å²) in [5.41, 5.74) is 3.20. The third-order valence-corrected chi connectivity index (χ3v) is 3.08. The summed E-state index contributed by atoms with van der Waals surface area (Å²) in [6, 6.07) is 10.9. The number of carbonyl (C=O) groups excluding carboxylic acids is 1. The topological polar surface area (TPSA) is 91.2 Å². The molecule has 2 aromatic rings. The number of benzene rings is 2. The van der Waals surface area contributed by atoms with Crippen LogP contribution in [0.25, 0.3) is 0 Å². The molecule has 0 spiro atoms. The number of nitrogens with zero attached hydrogens (tertiary/aromatic N) is 1. The average Bonchev–Trinajstić information content (AvgIpc) is 2.55. The van der Waals surface area contributed by atoms with Crippen LogP contribution in [0.2, 0.25) is 0 Å². The Bertz CT molecular complexity index is 724. The van der Waals surface area contributed by atoms with Gasteiger partial charge in [0.15, 0.2) is 0 Å². The largest absolute Gasteiger partial charge is 0.508 e. The highest BCUT2D eigenvalue weighted by molar-refractivity contribution is 5.95. The number of phenolic OH excluding ortho intramolecular Hbond substituents is 2. The van der Waals surface area contributed by atoms with Crippen molar-refractivity contribution in [3.63, 3.8) is 0 Å². The summed E-state index contributed by atoms with van der Waals surface area (Å²) in [7, 11) is 0. The van der Waals surface area contributed by atoms with Gasteiger partial charge < -0.3 is 14.9 Å². The Morgan fingerprint density at radius 1 is 1.21 bits per heavy atom. The number of rotatable bonds is 6. The third kappa shape index (κ3) is 5.01. The van der Waals surface area contributed by atoms with E-state index in [-0.39, 0.29) is 17.4 Å². The lowest BCUT2D eigenvalue weighted by Gasteiger charge is -2.08. The van der Waals surface area contributed by atoms with Crippen molar-refractivity contribution in [2.45, 2.75) is 13.8 Å². The molecule has 2 aromatic carbocycles. The van der Waals surface area contributed by atoms with Crippen LogP contribution in [-0.4, -0.2) is 28.9 Å². The SMILES string of the molecule is CC(C)COc1ccc(C(=O)NN=Cc2ccc(O)cc2O)cc1. The van der Waals surface area contributed by atoms with E-state index < -0.39 is 0 Å². The fraction of sp³-hybridized carbons (Fsp3) is 0.222. The molecule has 24 heavy (non-hydrogen) atoms. The van der Waals surface area contributed by atoms with Crippen LogP contribution in [0.4, 0.5) is 0 Å². The van der Waals surface area contributed by atoms with Crippen LogP contribution < -0.4 is 10.2 Å². The van der Waals surface area contributed by atoms with Gasteiger partial charge in [0.2, 0.25) is 0 Å².